The van der Waals surface area contributed by atoms with Gasteiger partial charge < -0.3 is 30.6 Å². The third kappa shape index (κ3) is 8.41. The number of imide groups is 2. The lowest BCUT2D eigenvalue weighted by molar-refractivity contribution is -0.136. The Morgan fingerprint density at radius 1 is 0.923 bits per heavy atom. The Bertz CT molecular complexity index is 2800. The number of halogens is 2. The van der Waals surface area contributed by atoms with Crippen molar-refractivity contribution in [3.05, 3.63) is 114 Å². The van der Waals surface area contributed by atoms with Crippen LogP contribution in [0.25, 0.3) is 22.4 Å². The smallest absolute Gasteiger partial charge is 0.264 e. The predicted octanol–water partition coefficient (Wildman–Crippen LogP) is 5.17. The molecule has 3 aliphatic rings. The third-order valence-electron chi connectivity index (χ3n) is 12.2. The summed E-state index contributed by atoms with van der Waals surface area (Å²) in [5.74, 6) is -3.76. The number of nitrogens with zero attached hydrogens (tertiary/aromatic N) is 8. The lowest BCUT2D eigenvalue weighted by Crippen LogP contribution is -2.54. The molecule has 2 atom stereocenters. The van der Waals surface area contributed by atoms with E-state index in [-0.39, 0.29) is 29.5 Å². The summed E-state index contributed by atoms with van der Waals surface area (Å²) in [4.78, 5) is 77.0. The molecule has 4 aromatic heterocycles. The van der Waals surface area contributed by atoms with Gasteiger partial charge in [0.2, 0.25) is 11.8 Å². The van der Waals surface area contributed by atoms with Crippen LogP contribution in [0, 0.1) is 11.6 Å². The van der Waals surface area contributed by atoms with E-state index in [0.29, 0.717) is 61.1 Å². The number of hydrogen-bond donors (Lipinski definition) is 4. The van der Waals surface area contributed by atoms with Crippen molar-refractivity contribution in [3.63, 3.8) is 0 Å². The molecule has 0 saturated carbocycles. The SMILES string of the molecule is COc1c(F)cc(-c2cc(Cn3cnc4c(NCCCCCNc5cccc6c5C(=O)N(C5CCC(=O)NC5=O)C6=O)ncnc43)c(N3CCC[C@](N)(c4ccccn4)C3)cn2)cc1F. The number of pyridine rings is 2. The van der Waals surface area contributed by atoms with Gasteiger partial charge in [-0.15, -0.1) is 0 Å². The highest BCUT2D eigenvalue weighted by atomic mass is 19.1. The van der Waals surface area contributed by atoms with E-state index in [1.807, 2.05) is 28.8 Å². The molecule has 334 valence electrons. The second-order valence-electron chi connectivity index (χ2n) is 16.4. The zero-order valence-corrected chi connectivity index (χ0v) is 35.5. The van der Waals surface area contributed by atoms with Gasteiger partial charge in [-0.2, -0.15) is 0 Å². The van der Waals surface area contributed by atoms with Gasteiger partial charge in [-0.3, -0.25) is 39.4 Å². The summed E-state index contributed by atoms with van der Waals surface area (Å²) in [6.45, 7) is 2.60. The normalized spacial score (nSPS) is 18.6. The van der Waals surface area contributed by atoms with E-state index >= 15 is 0 Å². The number of benzene rings is 2. The largest absolute Gasteiger partial charge is 0.491 e. The number of carbonyl (C=O) groups is 4. The predicted molar refractivity (Wildman–Crippen MR) is 236 cm³/mol. The minimum atomic E-state index is -1.03. The number of fused-ring (bicyclic) bond motifs is 2. The number of methoxy groups -OCH3 is 1. The van der Waals surface area contributed by atoms with Crippen molar-refractivity contribution >= 4 is 52.0 Å². The molecule has 19 heteroatoms. The molecule has 4 amide bonds. The molecule has 3 aliphatic heterocycles. The number of aromatic nitrogens is 6. The maximum absolute atomic E-state index is 14.9. The van der Waals surface area contributed by atoms with Crippen LogP contribution in [-0.2, 0) is 21.7 Å². The Hall–Kier alpha value is -7.41. The molecule has 0 bridgehead atoms. The van der Waals surface area contributed by atoms with Gasteiger partial charge in [-0.25, -0.2) is 23.7 Å². The Kier molecular flexibility index (Phi) is 11.9. The van der Waals surface area contributed by atoms with Gasteiger partial charge in [0.15, 0.2) is 28.8 Å². The summed E-state index contributed by atoms with van der Waals surface area (Å²) in [6, 6.07) is 13.9. The van der Waals surface area contributed by atoms with Crippen molar-refractivity contribution in [1.82, 2.24) is 39.7 Å². The minimum Gasteiger partial charge on any atom is -0.491 e. The van der Waals surface area contributed by atoms with Crippen LogP contribution < -0.4 is 31.3 Å². The lowest BCUT2D eigenvalue weighted by Gasteiger charge is -2.41. The molecule has 65 heavy (non-hydrogen) atoms. The van der Waals surface area contributed by atoms with Gasteiger partial charge in [-0.05, 0) is 86.6 Å². The molecule has 1 unspecified atom stereocenters. The highest BCUT2D eigenvalue weighted by molar-refractivity contribution is 6.25. The van der Waals surface area contributed by atoms with Crippen LogP contribution in [0.4, 0.5) is 26.0 Å². The number of hydrogen-bond acceptors (Lipinski definition) is 14. The number of carbonyl (C=O) groups excluding carboxylic acids is 4. The molecule has 17 nitrogen and oxygen atoms in total. The van der Waals surface area contributed by atoms with Crippen LogP contribution in [-0.4, -0.2) is 97.3 Å². The fourth-order valence-corrected chi connectivity index (χ4v) is 8.95. The van der Waals surface area contributed by atoms with E-state index in [0.717, 1.165) is 53.9 Å². The van der Waals surface area contributed by atoms with E-state index in [1.165, 1.54) is 25.6 Å². The summed E-state index contributed by atoms with van der Waals surface area (Å²) in [5.41, 5.74) is 11.5. The first-order chi connectivity index (χ1) is 31.5. The molecule has 0 aliphatic carbocycles. The van der Waals surface area contributed by atoms with Crippen molar-refractivity contribution < 1.29 is 32.7 Å². The minimum absolute atomic E-state index is 0.0510. The van der Waals surface area contributed by atoms with E-state index in [4.69, 9.17) is 10.5 Å². The average Bonchev–Trinajstić information content (AvgIpc) is 3.83. The number of imidazole rings is 1. The number of rotatable bonds is 15. The van der Waals surface area contributed by atoms with Gasteiger partial charge in [-0.1, -0.05) is 12.1 Å². The molecule has 2 fully saturated rings. The maximum Gasteiger partial charge on any atom is 0.264 e. The molecule has 5 N–H and O–H groups in total. The van der Waals surface area contributed by atoms with Gasteiger partial charge >= 0.3 is 0 Å². The maximum atomic E-state index is 14.9. The summed E-state index contributed by atoms with van der Waals surface area (Å²) >= 11 is 0. The van der Waals surface area contributed by atoms with Crippen molar-refractivity contribution in [3.8, 4) is 17.0 Å². The van der Waals surface area contributed by atoms with Gasteiger partial charge in [0.25, 0.3) is 11.8 Å². The third-order valence-corrected chi connectivity index (χ3v) is 12.2. The summed E-state index contributed by atoms with van der Waals surface area (Å²) in [6.07, 6.45) is 10.7. The van der Waals surface area contributed by atoms with E-state index < -0.39 is 52.6 Å². The van der Waals surface area contributed by atoms with Crippen LogP contribution in [0.1, 0.15) is 76.9 Å². The van der Waals surface area contributed by atoms with Gasteiger partial charge in [0.1, 0.15) is 17.9 Å². The second kappa shape index (κ2) is 18.0. The average molecular weight is 885 g/mol. The van der Waals surface area contributed by atoms with Crippen LogP contribution >= 0.6 is 0 Å². The molecular formula is C46H46F2N12O5. The Morgan fingerprint density at radius 2 is 1.74 bits per heavy atom. The van der Waals surface area contributed by atoms with Crippen LogP contribution in [0.15, 0.2) is 79.6 Å². The zero-order valence-electron chi connectivity index (χ0n) is 35.5. The summed E-state index contributed by atoms with van der Waals surface area (Å²) in [5, 5.41) is 8.90. The monoisotopic (exact) mass is 884 g/mol. The van der Waals surface area contributed by atoms with Crippen LogP contribution in [0.2, 0.25) is 0 Å². The van der Waals surface area contributed by atoms with Crippen LogP contribution in [0.3, 0.4) is 0 Å². The first-order valence-electron chi connectivity index (χ1n) is 21.5. The number of amides is 4. The van der Waals surface area contributed by atoms with E-state index in [2.05, 4.69) is 45.8 Å². The fourth-order valence-electron chi connectivity index (χ4n) is 8.95. The quantitative estimate of drug-likeness (QED) is 0.0774. The van der Waals surface area contributed by atoms with Crippen molar-refractivity contribution in [1.29, 1.82) is 0 Å². The van der Waals surface area contributed by atoms with Crippen molar-refractivity contribution in [2.75, 3.05) is 48.8 Å². The number of ether oxygens (including phenoxy) is 1. The number of nitrogens with one attached hydrogen (secondary N) is 3. The van der Waals surface area contributed by atoms with E-state index in [1.54, 1.807) is 36.9 Å². The van der Waals surface area contributed by atoms with Gasteiger partial charge in [0, 0.05) is 50.0 Å². The molecule has 2 aromatic carbocycles. The topological polar surface area (TPSA) is 215 Å². The Balaban J connectivity index is 0.865. The number of nitrogens with two attached hydrogens (primary N) is 1. The number of piperidine rings is 2. The molecule has 9 rings (SSSR count). The molecule has 6 aromatic rings. The standard InChI is InChI=1S/C46H46F2N12O5/c1-65-40-30(47)19-27(20-31(40)48)33-21-28(35(22-53-33)58-18-8-14-46(49,24-58)36-11-3-6-16-51-36)23-59-26-56-39-41(54-25-55-42(39)59)52-17-5-2-4-15-50-32-10-7-9-29-38(32)45(64)60(44(29)63)34-12-13-37(61)57-43(34)62/h3,6-7,9-11,16,19-22,25-26,34,50H,2,4-5,8,12-15,17-18,23-24,49H2,1H3,(H,52,54,55)(H,57,61,62)/t34?,46-/m1/s1. The number of anilines is 3. The lowest BCUT2D eigenvalue weighted by atomic mass is 9.86. The number of unbranched alkanes of at least 4 members (excludes halogenated alkanes) is 2. The van der Waals surface area contributed by atoms with E-state index in [9.17, 15) is 28.0 Å². The highest BCUT2D eigenvalue weighted by Crippen LogP contribution is 2.36. The summed E-state index contributed by atoms with van der Waals surface area (Å²) in [7, 11) is 1.21. The molecule has 2 saturated heterocycles. The summed E-state index contributed by atoms with van der Waals surface area (Å²) < 4.78 is 36.6. The van der Waals surface area contributed by atoms with Crippen LogP contribution in [0.5, 0.6) is 5.75 Å². The van der Waals surface area contributed by atoms with Crippen molar-refractivity contribution in [2.45, 2.75) is 63.1 Å². The Morgan fingerprint density at radius 3 is 2.51 bits per heavy atom. The molecular weight excluding hydrogens is 839 g/mol. The van der Waals surface area contributed by atoms with Gasteiger partial charge in [0.05, 0.1) is 59.9 Å². The zero-order chi connectivity index (χ0) is 45.2. The first-order valence-corrected chi connectivity index (χ1v) is 21.5. The highest BCUT2D eigenvalue weighted by Gasteiger charge is 2.45. The molecule has 0 spiro atoms. The van der Waals surface area contributed by atoms with Crippen molar-refractivity contribution in [2.24, 2.45) is 5.73 Å². The first kappa shape index (κ1) is 42.9. The second-order valence-corrected chi connectivity index (χ2v) is 16.4. The Labute approximate surface area is 371 Å². The fraction of sp³-hybridized carbons (Fsp3) is 0.326. The molecule has 7 heterocycles. The molecule has 0 radical (unpaired) electrons.